The van der Waals surface area contributed by atoms with E-state index in [1.807, 2.05) is 13.1 Å². The molecule has 3 aliphatic heterocycles. The lowest BCUT2D eigenvalue weighted by Gasteiger charge is -2.39. The largest absolute Gasteiger partial charge is 0.495 e. The van der Waals surface area contributed by atoms with Crippen LogP contribution in [0.25, 0.3) is 0 Å². The summed E-state index contributed by atoms with van der Waals surface area (Å²) in [6.45, 7) is 0.902. The number of methoxy groups -OCH3 is 2. The van der Waals surface area contributed by atoms with E-state index in [1.54, 1.807) is 13.2 Å². The van der Waals surface area contributed by atoms with E-state index in [9.17, 15) is 4.79 Å². The van der Waals surface area contributed by atoms with Crippen molar-refractivity contribution in [2.24, 2.45) is 0 Å². The quantitative estimate of drug-likeness (QED) is 0.533. The molecule has 2 aromatic carbocycles. The summed E-state index contributed by atoms with van der Waals surface area (Å²) >= 11 is 3.69. The van der Waals surface area contributed by atoms with E-state index < -0.39 is 12.1 Å². The molecule has 0 saturated carbocycles. The van der Waals surface area contributed by atoms with E-state index in [4.69, 9.17) is 29.4 Å². The van der Waals surface area contributed by atoms with Crippen LogP contribution < -0.4 is 24.7 Å². The van der Waals surface area contributed by atoms with Crippen molar-refractivity contribution in [1.29, 1.82) is 0 Å². The monoisotopic (exact) mass is 476 g/mol. The van der Waals surface area contributed by atoms with E-state index in [1.165, 1.54) is 7.11 Å². The van der Waals surface area contributed by atoms with E-state index in [0.29, 0.717) is 34.2 Å². The summed E-state index contributed by atoms with van der Waals surface area (Å²) in [5, 5.41) is 0. The molecule has 0 radical (unpaired) electrons. The molecule has 0 unspecified atom stereocenters. The summed E-state index contributed by atoms with van der Waals surface area (Å²) in [7, 11) is 5.13. The van der Waals surface area contributed by atoms with Gasteiger partial charge in [-0.25, -0.2) is 4.79 Å². The third kappa shape index (κ3) is 2.51. The second-order valence-electron chi connectivity index (χ2n) is 7.45. The Hall–Kier alpha value is -2.65. The lowest BCUT2D eigenvalue weighted by atomic mass is 9.85. The fourth-order valence-corrected chi connectivity index (χ4v) is 5.35. The smallest absolute Gasteiger partial charge is 0.341 e. The van der Waals surface area contributed by atoms with Gasteiger partial charge in [0.2, 0.25) is 12.5 Å². The molecular weight excluding hydrogens is 456 g/mol. The van der Waals surface area contributed by atoms with Crippen molar-refractivity contribution in [2.75, 3.05) is 40.3 Å². The van der Waals surface area contributed by atoms with Crippen LogP contribution in [0.4, 0.5) is 5.69 Å². The molecule has 2 N–H and O–H groups in total. The number of anilines is 1. The van der Waals surface area contributed by atoms with Crippen molar-refractivity contribution in [3.8, 4) is 23.0 Å². The molecule has 3 aliphatic rings. The van der Waals surface area contributed by atoms with Crippen LogP contribution in [0.5, 0.6) is 23.0 Å². The van der Waals surface area contributed by atoms with Gasteiger partial charge in [-0.1, -0.05) is 6.07 Å². The van der Waals surface area contributed by atoms with E-state index in [0.717, 1.165) is 34.1 Å². The summed E-state index contributed by atoms with van der Waals surface area (Å²) < 4.78 is 29.2. The molecular formula is C21H21BrN2O6. The van der Waals surface area contributed by atoms with Gasteiger partial charge in [-0.3, -0.25) is 4.90 Å². The van der Waals surface area contributed by atoms with Gasteiger partial charge >= 0.3 is 5.97 Å². The Balaban J connectivity index is 1.71. The number of nitrogens with two attached hydrogens (primary N) is 1. The topological polar surface area (TPSA) is 92.5 Å². The number of hydrogen-bond acceptors (Lipinski definition) is 8. The Bertz CT molecular complexity index is 1070. The molecule has 0 amide bonds. The summed E-state index contributed by atoms with van der Waals surface area (Å²) in [6.07, 6.45) is 0.236. The Morgan fingerprint density at radius 1 is 1.20 bits per heavy atom. The van der Waals surface area contributed by atoms with Crippen LogP contribution in [0.15, 0.2) is 16.6 Å². The highest BCUT2D eigenvalue weighted by molar-refractivity contribution is 9.10. The van der Waals surface area contributed by atoms with Crippen molar-refractivity contribution < 1.29 is 28.5 Å². The fraction of sp³-hybridized carbons (Fsp3) is 0.381. The Morgan fingerprint density at radius 2 is 1.97 bits per heavy atom. The highest BCUT2D eigenvalue weighted by atomic mass is 79.9. The molecule has 2 atom stereocenters. The number of nitrogen functional groups attached to an aromatic ring is 1. The molecule has 158 valence electrons. The first kappa shape index (κ1) is 19.3. The average molecular weight is 477 g/mol. The zero-order chi connectivity index (χ0) is 21.2. The van der Waals surface area contributed by atoms with Gasteiger partial charge in [0.05, 0.1) is 36.0 Å². The standard InChI is InChI=1S/C21H21BrN2O6/c1-24-7-6-9-13(18(27-3)20-19(14(9)22)28-8-29-20)16(24)17-10-4-5-11(26-2)15(23)12(10)21(25)30-17/h4-5,16-17H,6-8,23H2,1-3H3/t16-,17+/m1/s1. The van der Waals surface area contributed by atoms with Crippen LogP contribution >= 0.6 is 15.9 Å². The van der Waals surface area contributed by atoms with E-state index in [2.05, 4.69) is 20.8 Å². The second-order valence-corrected chi connectivity index (χ2v) is 8.24. The van der Waals surface area contributed by atoms with Gasteiger partial charge in [0.25, 0.3) is 0 Å². The second kappa shape index (κ2) is 6.95. The van der Waals surface area contributed by atoms with Gasteiger partial charge in [-0.15, -0.1) is 0 Å². The highest BCUT2D eigenvalue weighted by Crippen LogP contribution is 2.57. The van der Waals surface area contributed by atoms with Crippen LogP contribution in [-0.2, 0) is 11.2 Å². The molecule has 0 fully saturated rings. The van der Waals surface area contributed by atoms with E-state index >= 15 is 0 Å². The number of carbonyl (C=O) groups excluding carboxylic acids is 1. The summed E-state index contributed by atoms with van der Waals surface area (Å²) in [6, 6.07) is 3.32. The Labute approximate surface area is 181 Å². The molecule has 0 bridgehead atoms. The number of likely N-dealkylation sites (N-methyl/N-ethyl adjacent to an activating group) is 1. The van der Waals surface area contributed by atoms with Gasteiger partial charge in [0, 0.05) is 17.7 Å². The normalized spacial score (nSPS) is 21.8. The van der Waals surface area contributed by atoms with Crippen LogP contribution in [0.3, 0.4) is 0 Å². The van der Waals surface area contributed by atoms with Crippen molar-refractivity contribution in [1.82, 2.24) is 4.90 Å². The molecule has 30 heavy (non-hydrogen) atoms. The van der Waals surface area contributed by atoms with Crippen molar-refractivity contribution in [3.05, 3.63) is 38.9 Å². The minimum Gasteiger partial charge on any atom is -0.495 e. The number of cyclic esters (lactones) is 1. The lowest BCUT2D eigenvalue weighted by Crippen LogP contribution is -2.36. The first-order valence-electron chi connectivity index (χ1n) is 9.53. The van der Waals surface area contributed by atoms with Crippen LogP contribution in [0.2, 0.25) is 0 Å². The van der Waals surface area contributed by atoms with Crippen LogP contribution in [0.1, 0.15) is 39.2 Å². The van der Waals surface area contributed by atoms with Crippen molar-refractivity contribution in [3.63, 3.8) is 0 Å². The Kier molecular flexibility index (Phi) is 4.48. The first-order valence-corrected chi connectivity index (χ1v) is 10.3. The van der Waals surface area contributed by atoms with Crippen LogP contribution in [-0.4, -0.2) is 45.5 Å². The number of fused-ring (bicyclic) bond motifs is 3. The Morgan fingerprint density at radius 3 is 2.70 bits per heavy atom. The number of hydrogen-bond donors (Lipinski definition) is 1. The summed E-state index contributed by atoms with van der Waals surface area (Å²) in [5.74, 6) is 1.80. The summed E-state index contributed by atoms with van der Waals surface area (Å²) in [5.41, 5.74) is 9.57. The molecule has 0 saturated heterocycles. The highest BCUT2D eigenvalue weighted by Gasteiger charge is 2.46. The van der Waals surface area contributed by atoms with Gasteiger partial charge < -0.3 is 29.4 Å². The van der Waals surface area contributed by atoms with Gasteiger partial charge in [-0.05, 0) is 41.0 Å². The third-order valence-electron chi connectivity index (χ3n) is 6.03. The van der Waals surface area contributed by atoms with Crippen LogP contribution in [0, 0.1) is 0 Å². The maximum Gasteiger partial charge on any atom is 0.341 e. The molecule has 2 aromatic rings. The molecule has 3 heterocycles. The minimum atomic E-state index is -0.550. The third-order valence-corrected chi connectivity index (χ3v) is 6.87. The number of benzene rings is 2. The molecule has 0 aromatic heterocycles. The lowest BCUT2D eigenvalue weighted by molar-refractivity contribution is 0.00881. The molecule has 9 heteroatoms. The first-order chi connectivity index (χ1) is 14.5. The van der Waals surface area contributed by atoms with Gasteiger partial charge in [0.1, 0.15) is 11.9 Å². The maximum absolute atomic E-state index is 12.8. The number of halogens is 1. The SMILES string of the molecule is COc1ccc2c(c1N)C(=O)O[C@@H]2[C@H]1c2c(c(Br)c3c(c2OC)OCO3)CCN1C. The number of nitrogens with zero attached hydrogens (tertiary/aromatic N) is 1. The molecule has 5 rings (SSSR count). The zero-order valence-electron chi connectivity index (χ0n) is 16.8. The molecule has 0 spiro atoms. The summed E-state index contributed by atoms with van der Waals surface area (Å²) in [4.78, 5) is 14.9. The predicted octanol–water partition coefficient (Wildman–Crippen LogP) is 3.22. The number of esters is 1. The number of rotatable bonds is 3. The predicted molar refractivity (Wildman–Crippen MR) is 111 cm³/mol. The zero-order valence-corrected chi connectivity index (χ0v) is 18.4. The number of carbonyl (C=O) groups is 1. The van der Waals surface area contributed by atoms with E-state index in [-0.39, 0.29) is 12.8 Å². The fourth-order valence-electron chi connectivity index (χ4n) is 4.65. The van der Waals surface area contributed by atoms with Crippen molar-refractivity contribution in [2.45, 2.75) is 18.6 Å². The minimum absolute atomic E-state index is 0.130. The maximum atomic E-state index is 12.8. The number of ether oxygens (including phenoxy) is 5. The van der Waals surface area contributed by atoms with Crippen molar-refractivity contribution >= 4 is 27.6 Å². The molecule has 8 nitrogen and oxygen atoms in total. The van der Waals surface area contributed by atoms with Gasteiger partial charge in [-0.2, -0.15) is 0 Å². The van der Waals surface area contributed by atoms with Gasteiger partial charge in [0.15, 0.2) is 11.5 Å². The average Bonchev–Trinajstić information content (AvgIpc) is 3.34. The molecule has 0 aliphatic carbocycles.